The molecule has 2 rings (SSSR count). The molecule has 0 radical (unpaired) electrons. The first-order valence-corrected chi connectivity index (χ1v) is 4.95. The van der Waals surface area contributed by atoms with Gasteiger partial charge in [-0.2, -0.15) is 0 Å². The molecule has 1 atom stereocenters. The van der Waals surface area contributed by atoms with Gasteiger partial charge in [0.05, 0.1) is 12.1 Å². The van der Waals surface area contributed by atoms with Crippen LogP contribution in [0, 0.1) is 0 Å². The maximum atomic E-state index is 11.7. The predicted molar refractivity (Wildman–Crippen MR) is 58.2 cm³/mol. The molecule has 1 aromatic rings. The highest BCUT2D eigenvalue weighted by Gasteiger charge is 2.22. The van der Waals surface area contributed by atoms with E-state index < -0.39 is 6.23 Å². The second kappa shape index (κ2) is 3.72. The molecule has 80 valence electrons. The van der Waals surface area contributed by atoms with E-state index in [9.17, 15) is 9.90 Å². The molecular weight excluding hydrogens is 216 g/mol. The van der Waals surface area contributed by atoms with E-state index in [1.807, 2.05) is 11.9 Å². The first-order valence-electron chi connectivity index (χ1n) is 4.57. The Bertz CT molecular complexity index is 408. The third kappa shape index (κ3) is 1.91. The maximum Gasteiger partial charge on any atom is 0.255 e. The smallest absolute Gasteiger partial charge is 0.255 e. The van der Waals surface area contributed by atoms with Crippen LogP contribution in [0.25, 0.3) is 0 Å². The molecule has 1 amide bonds. The van der Waals surface area contributed by atoms with E-state index in [1.54, 1.807) is 18.2 Å². The fourth-order valence-electron chi connectivity index (χ4n) is 1.66. The van der Waals surface area contributed by atoms with E-state index in [0.29, 0.717) is 17.1 Å². The largest absolute Gasteiger partial charge is 0.372 e. The molecule has 0 spiro atoms. The standard InChI is InChI=1S/C10H11ClN2O2/c1-13-5-9(14)12-10(15)7-4-6(11)2-3-8(7)13/h2-4,9,14H,5H2,1H3,(H,12,15). The Balaban J connectivity index is 2.51. The third-order valence-corrected chi connectivity index (χ3v) is 2.59. The van der Waals surface area contributed by atoms with Gasteiger partial charge < -0.3 is 15.3 Å². The minimum atomic E-state index is -0.853. The number of carbonyl (C=O) groups is 1. The van der Waals surface area contributed by atoms with Gasteiger partial charge in [0.1, 0.15) is 6.23 Å². The molecule has 0 saturated carbocycles. The number of anilines is 1. The van der Waals surface area contributed by atoms with E-state index >= 15 is 0 Å². The maximum absolute atomic E-state index is 11.7. The van der Waals surface area contributed by atoms with Gasteiger partial charge in [-0.1, -0.05) is 11.6 Å². The Morgan fingerprint density at radius 2 is 2.33 bits per heavy atom. The van der Waals surface area contributed by atoms with Crippen molar-refractivity contribution >= 4 is 23.2 Å². The van der Waals surface area contributed by atoms with E-state index in [-0.39, 0.29) is 5.91 Å². The molecule has 2 N–H and O–H groups in total. The van der Waals surface area contributed by atoms with Crippen molar-refractivity contribution in [3.8, 4) is 0 Å². The lowest BCUT2D eigenvalue weighted by Crippen LogP contribution is -2.39. The molecule has 15 heavy (non-hydrogen) atoms. The first-order chi connectivity index (χ1) is 7.08. The number of carbonyl (C=O) groups excluding carboxylic acids is 1. The number of hydrogen-bond acceptors (Lipinski definition) is 3. The van der Waals surface area contributed by atoms with Crippen LogP contribution in [0.5, 0.6) is 0 Å². The molecule has 0 fully saturated rings. The number of likely N-dealkylation sites (N-methyl/N-ethyl adjacent to an activating group) is 1. The number of amides is 1. The van der Waals surface area contributed by atoms with Gasteiger partial charge in [-0.15, -0.1) is 0 Å². The van der Waals surface area contributed by atoms with Gasteiger partial charge in [0.25, 0.3) is 5.91 Å². The number of aliphatic hydroxyl groups is 1. The van der Waals surface area contributed by atoms with Crippen LogP contribution in [-0.4, -0.2) is 30.8 Å². The first kappa shape index (κ1) is 10.3. The van der Waals surface area contributed by atoms with Crippen molar-refractivity contribution in [2.75, 3.05) is 18.5 Å². The van der Waals surface area contributed by atoms with Gasteiger partial charge in [-0.3, -0.25) is 4.79 Å². The van der Waals surface area contributed by atoms with Gasteiger partial charge in [0.15, 0.2) is 0 Å². The highest BCUT2D eigenvalue weighted by atomic mass is 35.5. The molecule has 0 saturated heterocycles. The Kier molecular flexibility index (Phi) is 2.54. The van der Waals surface area contributed by atoms with Crippen molar-refractivity contribution in [1.82, 2.24) is 5.32 Å². The van der Waals surface area contributed by atoms with Crippen molar-refractivity contribution < 1.29 is 9.90 Å². The number of nitrogens with zero attached hydrogens (tertiary/aromatic N) is 1. The number of aliphatic hydroxyl groups excluding tert-OH is 1. The fourth-order valence-corrected chi connectivity index (χ4v) is 1.83. The summed E-state index contributed by atoms with van der Waals surface area (Å²) in [6, 6.07) is 5.10. The van der Waals surface area contributed by atoms with Crippen LogP contribution in [0.4, 0.5) is 5.69 Å². The molecule has 0 aliphatic carbocycles. The quantitative estimate of drug-likeness (QED) is 0.689. The molecule has 1 aliphatic rings. The zero-order chi connectivity index (χ0) is 11.0. The zero-order valence-electron chi connectivity index (χ0n) is 8.20. The summed E-state index contributed by atoms with van der Waals surface area (Å²) < 4.78 is 0. The molecule has 5 heteroatoms. The predicted octanol–water partition coefficient (Wildman–Crippen LogP) is 0.838. The summed E-state index contributed by atoms with van der Waals surface area (Å²) in [6.45, 7) is 0.361. The van der Waals surface area contributed by atoms with Gasteiger partial charge in [0.2, 0.25) is 0 Å². The van der Waals surface area contributed by atoms with Crippen molar-refractivity contribution in [3.63, 3.8) is 0 Å². The molecular formula is C10H11ClN2O2. The Labute approximate surface area is 92.5 Å². The van der Waals surface area contributed by atoms with E-state index in [0.717, 1.165) is 5.69 Å². The van der Waals surface area contributed by atoms with Crippen molar-refractivity contribution in [1.29, 1.82) is 0 Å². The summed E-state index contributed by atoms with van der Waals surface area (Å²) in [7, 11) is 1.82. The number of β-amino-alcohol motifs (C(OH)–C–C–N with tert-alkyl or cyclic N) is 1. The Hall–Kier alpha value is -1.26. The number of halogens is 1. The topological polar surface area (TPSA) is 52.6 Å². The molecule has 0 aromatic heterocycles. The SMILES string of the molecule is CN1CC(O)NC(=O)c2cc(Cl)ccc21. The normalized spacial score (nSPS) is 20.6. The Morgan fingerprint density at radius 1 is 1.60 bits per heavy atom. The summed E-state index contributed by atoms with van der Waals surface area (Å²) in [5.41, 5.74) is 1.26. The molecule has 4 nitrogen and oxygen atoms in total. The zero-order valence-corrected chi connectivity index (χ0v) is 8.95. The van der Waals surface area contributed by atoms with Crippen molar-refractivity contribution in [2.45, 2.75) is 6.23 Å². The number of fused-ring (bicyclic) bond motifs is 1. The average Bonchev–Trinajstić information content (AvgIpc) is 2.25. The minimum Gasteiger partial charge on any atom is -0.372 e. The van der Waals surface area contributed by atoms with Gasteiger partial charge in [0, 0.05) is 17.8 Å². The molecule has 1 aliphatic heterocycles. The molecule has 1 unspecified atom stereocenters. The lowest BCUT2D eigenvalue weighted by Gasteiger charge is -2.19. The van der Waals surface area contributed by atoms with Crippen LogP contribution in [0.3, 0.4) is 0 Å². The number of rotatable bonds is 0. The highest BCUT2D eigenvalue weighted by molar-refractivity contribution is 6.31. The lowest BCUT2D eigenvalue weighted by atomic mass is 10.1. The van der Waals surface area contributed by atoms with Crippen molar-refractivity contribution in [3.05, 3.63) is 28.8 Å². The van der Waals surface area contributed by atoms with Gasteiger partial charge in [-0.25, -0.2) is 0 Å². The molecule has 1 aromatic carbocycles. The van der Waals surface area contributed by atoms with Crippen LogP contribution in [0.2, 0.25) is 5.02 Å². The average molecular weight is 227 g/mol. The van der Waals surface area contributed by atoms with Crippen LogP contribution in [0.15, 0.2) is 18.2 Å². The fraction of sp³-hybridized carbons (Fsp3) is 0.300. The summed E-state index contributed by atoms with van der Waals surface area (Å²) in [5.74, 6) is -0.302. The van der Waals surface area contributed by atoms with Gasteiger partial charge >= 0.3 is 0 Å². The van der Waals surface area contributed by atoms with E-state index in [1.165, 1.54) is 0 Å². The number of hydrogen-bond donors (Lipinski definition) is 2. The minimum absolute atomic E-state index is 0.302. The number of benzene rings is 1. The molecule has 1 heterocycles. The van der Waals surface area contributed by atoms with Crippen LogP contribution < -0.4 is 10.2 Å². The van der Waals surface area contributed by atoms with E-state index in [2.05, 4.69) is 5.32 Å². The lowest BCUT2D eigenvalue weighted by molar-refractivity contribution is 0.0812. The van der Waals surface area contributed by atoms with Crippen molar-refractivity contribution in [2.24, 2.45) is 0 Å². The molecule has 0 bridgehead atoms. The second-order valence-electron chi connectivity index (χ2n) is 3.53. The number of nitrogens with one attached hydrogen (secondary N) is 1. The van der Waals surface area contributed by atoms with Crippen LogP contribution in [-0.2, 0) is 0 Å². The van der Waals surface area contributed by atoms with Crippen LogP contribution in [0.1, 0.15) is 10.4 Å². The Morgan fingerprint density at radius 3 is 3.07 bits per heavy atom. The second-order valence-corrected chi connectivity index (χ2v) is 3.97. The van der Waals surface area contributed by atoms with Crippen LogP contribution >= 0.6 is 11.6 Å². The highest BCUT2D eigenvalue weighted by Crippen LogP contribution is 2.25. The summed E-state index contributed by atoms with van der Waals surface area (Å²) in [5, 5.41) is 12.4. The summed E-state index contributed by atoms with van der Waals surface area (Å²) in [6.07, 6.45) is -0.853. The van der Waals surface area contributed by atoms with E-state index in [4.69, 9.17) is 11.6 Å². The summed E-state index contributed by atoms with van der Waals surface area (Å²) >= 11 is 5.82. The summed E-state index contributed by atoms with van der Waals surface area (Å²) in [4.78, 5) is 13.5. The third-order valence-electron chi connectivity index (χ3n) is 2.36. The monoisotopic (exact) mass is 226 g/mol. The van der Waals surface area contributed by atoms with Gasteiger partial charge in [-0.05, 0) is 18.2 Å².